The lowest BCUT2D eigenvalue weighted by atomic mass is 10.2. The van der Waals surface area contributed by atoms with E-state index in [-0.39, 0.29) is 18.2 Å². The van der Waals surface area contributed by atoms with E-state index in [2.05, 4.69) is 5.32 Å². The molecule has 1 aromatic heterocycles. The average Bonchev–Trinajstić information content (AvgIpc) is 2.58. The Morgan fingerprint density at radius 1 is 1.54 bits per heavy atom. The summed E-state index contributed by atoms with van der Waals surface area (Å²) in [5.74, 6) is 0. The van der Waals surface area contributed by atoms with Crippen LogP contribution in [0.3, 0.4) is 0 Å². The fourth-order valence-corrected chi connectivity index (χ4v) is 2.44. The van der Waals surface area contributed by atoms with Crippen LogP contribution >= 0.6 is 11.3 Å². The molecule has 1 fully saturated rings. The first-order chi connectivity index (χ1) is 6.16. The Balaban J connectivity index is 2.22. The zero-order valence-corrected chi connectivity index (χ0v) is 8.35. The summed E-state index contributed by atoms with van der Waals surface area (Å²) in [6, 6.07) is 4.13. The minimum absolute atomic E-state index is 0.0746. The van der Waals surface area contributed by atoms with Crippen LogP contribution in [0.2, 0.25) is 0 Å². The van der Waals surface area contributed by atoms with Crippen molar-refractivity contribution in [3.63, 3.8) is 0 Å². The molecule has 2 rings (SSSR count). The van der Waals surface area contributed by atoms with Gasteiger partial charge in [-0.15, -0.1) is 11.3 Å². The number of amides is 1. The van der Waals surface area contributed by atoms with Crippen LogP contribution in [-0.2, 0) is 4.74 Å². The standard InChI is InChI=1S/C9H11NO2S/c1-5-3-4-7(13-5)8-6(2)10-9(11)12-8/h3-4,6,8H,1-2H3,(H,10,11)/t6-,8+/m1/s1. The monoisotopic (exact) mass is 197 g/mol. The summed E-state index contributed by atoms with van der Waals surface area (Å²) in [5.41, 5.74) is 0. The molecule has 1 saturated heterocycles. The van der Waals surface area contributed by atoms with E-state index in [4.69, 9.17) is 4.74 Å². The molecule has 1 aliphatic heterocycles. The molecule has 70 valence electrons. The van der Waals surface area contributed by atoms with Crippen LogP contribution in [0.5, 0.6) is 0 Å². The average molecular weight is 197 g/mol. The Morgan fingerprint density at radius 2 is 2.31 bits per heavy atom. The third-order valence-electron chi connectivity index (χ3n) is 2.08. The Kier molecular flexibility index (Phi) is 2.00. The molecule has 1 N–H and O–H groups in total. The van der Waals surface area contributed by atoms with E-state index in [9.17, 15) is 4.79 Å². The van der Waals surface area contributed by atoms with Gasteiger partial charge in [0, 0.05) is 9.75 Å². The number of hydrogen-bond donors (Lipinski definition) is 1. The minimum Gasteiger partial charge on any atom is -0.438 e. The fourth-order valence-electron chi connectivity index (χ4n) is 1.42. The summed E-state index contributed by atoms with van der Waals surface area (Å²) < 4.78 is 5.13. The Bertz CT molecular complexity index is 334. The molecular weight excluding hydrogens is 186 g/mol. The summed E-state index contributed by atoms with van der Waals surface area (Å²) in [7, 11) is 0. The highest BCUT2D eigenvalue weighted by Crippen LogP contribution is 2.31. The van der Waals surface area contributed by atoms with Crippen LogP contribution < -0.4 is 5.32 Å². The largest absolute Gasteiger partial charge is 0.438 e. The first-order valence-corrected chi connectivity index (χ1v) is 5.02. The van der Waals surface area contributed by atoms with Crippen LogP contribution in [0, 0.1) is 6.92 Å². The van der Waals surface area contributed by atoms with Gasteiger partial charge in [-0.1, -0.05) is 0 Å². The van der Waals surface area contributed by atoms with Gasteiger partial charge in [0.1, 0.15) is 0 Å². The Labute approximate surface area is 80.7 Å². The molecule has 0 unspecified atom stereocenters. The van der Waals surface area contributed by atoms with Crippen molar-refractivity contribution in [3.8, 4) is 0 Å². The number of alkyl carbamates (subject to hydrolysis) is 1. The molecule has 0 saturated carbocycles. The molecule has 0 aliphatic carbocycles. The molecular formula is C9H11NO2S. The van der Waals surface area contributed by atoms with Crippen molar-refractivity contribution < 1.29 is 9.53 Å². The highest BCUT2D eigenvalue weighted by Gasteiger charge is 2.32. The van der Waals surface area contributed by atoms with E-state index in [0.29, 0.717) is 0 Å². The van der Waals surface area contributed by atoms with Gasteiger partial charge < -0.3 is 10.1 Å². The molecule has 0 bridgehead atoms. The highest BCUT2D eigenvalue weighted by molar-refractivity contribution is 7.12. The van der Waals surface area contributed by atoms with Gasteiger partial charge in [0.05, 0.1) is 6.04 Å². The van der Waals surface area contributed by atoms with Gasteiger partial charge in [0.2, 0.25) is 0 Å². The summed E-state index contributed by atoms with van der Waals surface area (Å²) in [6.07, 6.45) is -0.422. The minimum atomic E-state index is -0.316. The molecule has 0 aromatic carbocycles. The van der Waals surface area contributed by atoms with Crippen molar-refractivity contribution in [3.05, 3.63) is 21.9 Å². The van der Waals surface area contributed by atoms with Crippen molar-refractivity contribution in [2.75, 3.05) is 0 Å². The summed E-state index contributed by atoms with van der Waals surface area (Å²) >= 11 is 1.67. The fraction of sp³-hybridized carbons (Fsp3) is 0.444. The van der Waals surface area contributed by atoms with Gasteiger partial charge in [-0.3, -0.25) is 0 Å². The maximum absolute atomic E-state index is 10.9. The molecule has 1 aliphatic rings. The van der Waals surface area contributed by atoms with E-state index in [1.165, 1.54) is 4.88 Å². The SMILES string of the molecule is Cc1ccc([C@H]2OC(=O)N[C@@H]2C)s1. The van der Waals surface area contributed by atoms with Gasteiger partial charge >= 0.3 is 6.09 Å². The summed E-state index contributed by atoms with van der Waals surface area (Å²) in [5, 5.41) is 2.72. The second-order valence-corrected chi connectivity index (χ2v) is 4.53. The second-order valence-electron chi connectivity index (χ2n) is 3.21. The second kappa shape index (κ2) is 3.03. The number of aryl methyl sites for hydroxylation is 1. The van der Waals surface area contributed by atoms with Gasteiger partial charge in [0.15, 0.2) is 6.10 Å². The van der Waals surface area contributed by atoms with Gasteiger partial charge in [-0.2, -0.15) is 0 Å². The molecule has 2 atom stereocenters. The van der Waals surface area contributed by atoms with E-state index in [0.717, 1.165) is 4.88 Å². The molecule has 2 heterocycles. The van der Waals surface area contributed by atoms with Crippen LogP contribution in [0.1, 0.15) is 22.8 Å². The van der Waals surface area contributed by atoms with Crippen LogP contribution in [-0.4, -0.2) is 12.1 Å². The third-order valence-corrected chi connectivity index (χ3v) is 3.14. The topological polar surface area (TPSA) is 38.3 Å². The molecule has 0 radical (unpaired) electrons. The Morgan fingerprint density at radius 3 is 2.77 bits per heavy atom. The number of hydrogen-bond acceptors (Lipinski definition) is 3. The van der Waals surface area contributed by atoms with Gasteiger partial charge in [-0.25, -0.2) is 4.79 Å². The van der Waals surface area contributed by atoms with E-state index >= 15 is 0 Å². The van der Waals surface area contributed by atoms with E-state index in [1.807, 2.05) is 26.0 Å². The molecule has 1 aromatic rings. The van der Waals surface area contributed by atoms with Crippen LogP contribution in [0.4, 0.5) is 4.79 Å². The number of thiophene rings is 1. The Hall–Kier alpha value is -1.03. The quantitative estimate of drug-likeness (QED) is 0.749. The summed E-state index contributed by atoms with van der Waals surface area (Å²) in [4.78, 5) is 13.3. The molecule has 4 heteroatoms. The van der Waals surface area contributed by atoms with Crippen molar-refractivity contribution in [2.24, 2.45) is 0 Å². The van der Waals surface area contributed by atoms with Gasteiger partial charge in [0.25, 0.3) is 0 Å². The predicted octanol–water partition coefficient (Wildman–Crippen LogP) is 2.23. The zero-order valence-electron chi connectivity index (χ0n) is 7.53. The van der Waals surface area contributed by atoms with E-state index in [1.54, 1.807) is 11.3 Å². The van der Waals surface area contributed by atoms with Crippen molar-refractivity contribution in [1.29, 1.82) is 0 Å². The number of rotatable bonds is 1. The number of carbonyl (C=O) groups is 1. The van der Waals surface area contributed by atoms with Crippen LogP contribution in [0.15, 0.2) is 12.1 Å². The smallest absolute Gasteiger partial charge is 0.408 e. The van der Waals surface area contributed by atoms with E-state index < -0.39 is 0 Å². The predicted molar refractivity (Wildman–Crippen MR) is 50.9 cm³/mol. The first kappa shape index (κ1) is 8.56. The van der Waals surface area contributed by atoms with Crippen molar-refractivity contribution in [2.45, 2.75) is 26.0 Å². The maximum atomic E-state index is 10.9. The number of carbonyl (C=O) groups excluding carboxylic acids is 1. The lowest BCUT2D eigenvalue weighted by Gasteiger charge is -2.09. The normalized spacial score (nSPS) is 27.1. The molecule has 3 nitrogen and oxygen atoms in total. The number of ether oxygens (including phenoxy) is 1. The maximum Gasteiger partial charge on any atom is 0.408 e. The van der Waals surface area contributed by atoms with Gasteiger partial charge in [-0.05, 0) is 26.0 Å². The summed E-state index contributed by atoms with van der Waals surface area (Å²) in [6.45, 7) is 3.99. The molecule has 13 heavy (non-hydrogen) atoms. The van der Waals surface area contributed by atoms with Crippen LogP contribution in [0.25, 0.3) is 0 Å². The molecule has 1 amide bonds. The number of cyclic esters (lactones) is 1. The lowest BCUT2D eigenvalue weighted by Crippen LogP contribution is -2.23. The molecule has 0 spiro atoms. The zero-order chi connectivity index (χ0) is 9.42. The number of nitrogens with one attached hydrogen (secondary N) is 1. The third kappa shape index (κ3) is 1.54. The first-order valence-electron chi connectivity index (χ1n) is 4.20. The lowest BCUT2D eigenvalue weighted by molar-refractivity contribution is 0.136. The van der Waals surface area contributed by atoms with Crippen molar-refractivity contribution in [1.82, 2.24) is 5.32 Å². The highest BCUT2D eigenvalue weighted by atomic mass is 32.1. The van der Waals surface area contributed by atoms with Crippen molar-refractivity contribution >= 4 is 17.4 Å².